The predicted octanol–water partition coefficient (Wildman–Crippen LogP) is 3.99. The summed E-state index contributed by atoms with van der Waals surface area (Å²) >= 11 is 0. The number of alkyl halides is 3. The zero-order valence-corrected chi connectivity index (χ0v) is 15.9. The van der Waals surface area contributed by atoms with Crippen molar-refractivity contribution < 1.29 is 37.8 Å². The van der Waals surface area contributed by atoms with Gasteiger partial charge in [0.05, 0.1) is 11.1 Å². The van der Waals surface area contributed by atoms with E-state index in [0.717, 1.165) is 12.1 Å². The van der Waals surface area contributed by atoms with Crippen LogP contribution in [0.1, 0.15) is 33.6 Å². The van der Waals surface area contributed by atoms with Crippen molar-refractivity contribution in [2.75, 3.05) is 0 Å². The molecule has 6 nitrogen and oxygen atoms in total. The summed E-state index contributed by atoms with van der Waals surface area (Å²) < 4.78 is 41.2. The molecule has 0 amide bonds. The van der Waals surface area contributed by atoms with Crippen molar-refractivity contribution in [1.29, 1.82) is 0 Å². The molecule has 0 saturated carbocycles. The van der Waals surface area contributed by atoms with Gasteiger partial charge >= 0.3 is 18.1 Å². The van der Waals surface area contributed by atoms with Crippen LogP contribution < -0.4 is 0 Å². The number of carbonyl (C=O) groups is 3. The van der Waals surface area contributed by atoms with Gasteiger partial charge in [0, 0.05) is 23.1 Å². The number of hydrogen-bond acceptors (Lipinski definition) is 3. The second-order valence-electron chi connectivity index (χ2n) is 7.53. The van der Waals surface area contributed by atoms with Crippen LogP contribution in [0.15, 0.2) is 48.5 Å². The molecule has 160 valence electrons. The van der Waals surface area contributed by atoms with Crippen LogP contribution in [-0.4, -0.2) is 32.6 Å². The minimum absolute atomic E-state index is 0.0284. The van der Waals surface area contributed by atoms with Gasteiger partial charge in [0.25, 0.3) is 5.91 Å². The van der Waals surface area contributed by atoms with E-state index >= 15 is 0 Å². The van der Waals surface area contributed by atoms with Gasteiger partial charge in [-0.05, 0) is 48.7 Å². The van der Waals surface area contributed by atoms with Crippen molar-refractivity contribution in [3.05, 3.63) is 70.9 Å². The van der Waals surface area contributed by atoms with Gasteiger partial charge in [-0.15, -0.1) is 0 Å². The van der Waals surface area contributed by atoms with Gasteiger partial charge in [-0.3, -0.25) is 19.0 Å². The van der Waals surface area contributed by atoms with Gasteiger partial charge < -0.3 is 10.2 Å². The van der Waals surface area contributed by atoms with Crippen LogP contribution in [0.3, 0.4) is 0 Å². The van der Waals surface area contributed by atoms with Gasteiger partial charge in [0.15, 0.2) is 5.41 Å². The highest BCUT2D eigenvalue weighted by Crippen LogP contribution is 2.43. The Bertz CT molecular complexity index is 1210. The first-order valence-corrected chi connectivity index (χ1v) is 9.36. The molecule has 0 saturated heterocycles. The lowest BCUT2D eigenvalue weighted by atomic mass is 9.72. The molecular weight excluding hydrogens is 415 g/mol. The topological polar surface area (TPSA) is 96.6 Å². The Balaban J connectivity index is 2.00. The molecule has 9 heteroatoms. The molecule has 31 heavy (non-hydrogen) atoms. The number of carbonyl (C=O) groups excluding carboxylic acids is 1. The molecule has 0 unspecified atom stereocenters. The number of aromatic nitrogens is 1. The summed E-state index contributed by atoms with van der Waals surface area (Å²) in [6.07, 6.45) is -5.53. The molecule has 0 atom stereocenters. The van der Waals surface area contributed by atoms with Crippen LogP contribution in [0.2, 0.25) is 0 Å². The van der Waals surface area contributed by atoms with E-state index in [1.807, 2.05) is 0 Å². The van der Waals surface area contributed by atoms with E-state index in [4.69, 9.17) is 0 Å². The lowest BCUT2D eigenvalue weighted by Gasteiger charge is -2.29. The first-order chi connectivity index (χ1) is 14.6. The van der Waals surface area contributed by atoms with Gasteiger partial charge in [-0.25, -0.2) is 0 Å². The highest BCUT2D eigenvalue weighted by atomic mass is 19.4. The van der Waals surface area contributed by atoms with Crippen molar-refractivity contribution in [2.24, 2.45) is 5.41 Å². The third-order valence-corrected chi connectivity index (χ3v) is 5.82. The molecule has 0 bridgehead atoms. The zero-order valence-electron chi connectivity index (χ0n) is 15.9. The van der Waals surface area contributed by atoms with E-state index in [2.05, 4.69) is 0 Å². The minimum Gasteiger partial charge on any atom is -0.480 e. The number of nitrogens with zero attached hydrogens (tertiary/aromatic N) is 1. The van der Waals surface area contributed by atoms with E-state index in [1.54, 1.807) is 30.3 Å². The predicted molar refractivity (Wildman–Crippen MR) is 103 cm³/mol. The summed E-state index contributed by atoms with van der Waals surface area (Å²) in [5.41, 5.74) is -2.18. The highest BCUT2D eigenvalue weighted by molar-refractivity contribution is 6.05. The van der Waals surface area contributed by atoms with Crippen LogP contribution in [0.4, 0.5) is 13.2 Å². The molecule has 3 aromatic rings. The lowest BCUT2D eigenvalue weighted by Crippen LogP contribution is -2.44. The second-order valence-corrected chi connectivity index (χ2v) is 7.53. The van der Waals surface area contributed by atoms with Gasteiger partial charge in [0.1, 0.15) is 0 Å². The average molecular weight is 431 g/mol. The number of halogens is 3. The number of benzene rings is 2. The van der Waals surface area contributed by atoms with Crippen molar-refractivity contribution in [3.63, 3.8) is 0 Å². The summed E-state index contributed by atoms with van der Waals surface area (Å²) in [5.74, 6) is -3.61. The summed E-state index contributed by atoms with van der Waals surface area (Å²) in [5, 5.41) is 19.2. The van der Waals surface area contributed by atoms with E-state index < -0.39 is 41.4 Å². The Kier molecular flexibility index (Phi) is 4.64. The zero-order chi connectivity index (χ0) is 22.6. The van der Waals surface area contributed by atoms with Crippen LogP contribution in [0.5, 0.6) is 0 Å². The second kappa shape index (κ2) is 6.97. The fourth-order valence-corrected chi connectivity index (χ4v) is 4.17. The summed E-state index contributed by atoms with van der Waals surface area (Å²) in [6.45, 7) is 0. The number of hydrogen-bond donors (Lipinski definition) is 2. The average Bonchev–Trinajstić information content (AvgIpc) is 3.05. The fourth-order valence-electron chi connectivity index (χ4n) is 4.17. The largest absolute Gasteiger partial charge is 0.480 e. The van der Waals surface area contributed by atoms with Crippen LogP contribution >= 0.6 is 0 Å². The molecule has 0 aliphatic heterocycles. The van der Waals surface area contributed by atoms with Crippen LogP contribution in [-0.2, 0) is 28.6 Å². The maximum absolute atomic E-state index is 13.3. The lowest BCUT2D eigenvalue weighted by molar-refractivity contribution is -0.165. The van der Waals surface area contributed by atoms with Crippen molar-refractivity contribution >= 4 is 28.7 Å². The normalized spacial score (nSPS) is 15.5. The minimum atomic E-state index is -4.65. The first kappa shape index (κ1) is 20.6. The van der Waals surface area contributed by atoms with E-state index in [9.17, 15) is 37.8 Å². The molecule has 1 aromatic heterocycles. The van der Waals surface area contributed by atoms with Crippen LogP contribution in [0, 0.1) is 5.41 Å². The number of carboxylic acids is 2. The van der Waals surface area contributed by atoms with Gasteiger partial charge in [-0.1, -0.05) is 18.2 Å². The molecule has 4 rings (SSSR count). The Morgan fingerprint density at radius 3 is 2.19 bits per heavy atom. The maximum Gasteiger partial charge on any atom is 0.416 e. The molecular formula is C22H16F3NO5. The molecule has 1 aliphatic carbocycles. The van der Waals surface area contributed by atoms with Gasteiger partial charge in [0.2, 0.25) is 0 Å². The fraction of sp³-hybridized carbons (Fsp3) is 0.227. The Labute approximate surface area is 173 Å². The monoisotopic (exact) mass is 431 g/mol. The van der Waals surface area contributed by atoms with Crippen molar-refractivity contribution in [1.82, 2.24) is 4.57 Å². The number of carboxylic acid groups (broad SMARTS) is 2. The molecule has 2 N–H and O–H groups in total. The van der Waals surface area contributed by atoms with E-state index in [1.165, 1.54) is 10.6 Å². The Morgan fingerprint density at radius 2 is 1.61 bits per heavy atom. The molecule has 0 fully saturated rings. The first-order valence-electron chi connectivity index (χ1n) is 9.36. The van der Waals surface area contributed by atoms with Gasteiger partial charge in [-0.2, -0.15) is 13.2 Å². The third kappa shape index (κ3) is 3.17. The molecule has 1 aliphatic rings. The smallest absolute Gasteiger partial charge is 0.416 e. The van der Waals surface area contributed by atoms with Crippen molar-refractivity contribution in [2.45, 2.75) is 25.4 Å². The number of fused-ring (bicyclic) bond motifs is 3. The quantitative estimate of drug-likeness (QED) is 0.612. The number of rotatable bonds is 3. The van der Waals surface area contributed by atoms with Crippen LogP contribution in [0.25, 0.3) is 10.9 Å². The third-order valence-electron chi connectivity index (χ3n) is 5.82. The standard InChI is InChI=1S/C22H16F3NO5/c23-22(24,25)13-6-7-16-14(10-13)15-11-21(19(28)29,20(30)31)9-8-17(15)26(16)18(27)12-4-2-1-3-5-12/h1-7,10H,8-9,11H2,(H,28,29)(H,30,31). The molecule has 0 spiro atoms. The Morgan fingerprint density at radius 1 is 0.968 bits per heavy atom. The molecule has 0 radical (unpaired) electrons. The molecule has 2 aromatic carbocycles. The van der Waals surface area contributed by atoms with E-state index in [0.29, 0.717) is 11.3 Å². The Hall–Kier alpha value is -3.62. The number of aliphatic carboxylic acids is 2. The summed E-state index contributed by atoms with van der Waals surface area (Å²) in [4.78, 5) is 36.8. The highest BCUT2D eigenvalue weighted by Gasteiger charge is 2.50. The molecule has 1 heterocycles. The maximum atomic E-state index is 13.3. The summed E-state index contributed by atoms with van der Waals surface area (Å²) in [6, 6.07) is 11.0. The SMILES string of the molecule is O=C(c1ccccc1)n1c2c(c3cc(C(F)(F)F)ccc31)CC(C(=O)O)(C(=O)O)CC2. The summed E-state index contributed by atoms with van der Waals surface area (Å²) in [7, 11) is 0. The van der Waals surface area contributed by atoms with E-state index in [-0.39, 0.29) is 29.3 Å². The van der Waals surface area contributed by atoms with Crippen molar-refractivity contribution in [3.8, 4) is 0 Å².